The van der Waals surface area contributed by atoms with Crippen molar-refractivity contribution in [3.63, 3.8) is 0 Å². The first-order valence-corrected chi connectivity index (χ1v) is 14.2. The molecule has 3 aromatic rings. The molecule has 0 unspecified atom stereocenters. The van der Waals surface area contributed by atoms with E-state index < -0.39 is 40.9 Å². The summed E-state index contributed by atoms with van der Waals surface area (Å²) in [5, 5.41) is 0. The molecule has 1 aliphatic carbocycles. The Bertz CT molecular complexity index is 1300. The van der Waals surface area contributed by atoms with Crippen molar-refractivity contribution < 1.29 is 31.8 Å². The number of carbonyl (C=O) groups excluding carboxylic acids is 1. The Morgan fingerprint density at radius 1 is 0.775 bits per heavy atom. The van der Waals surface area contributed by atoms with E-state index in [1.54, 1.807) is 24.3 Å². The molecule has 214 valence electrons. The van der Waals surface area contributed by atoms with Crippen molar-refractivity contribution >= 4 is 5.97 Å². The smallest absolute Gasteiger partial charge is 0.341 e. The predicted molar refractivity (Wildman–Crippen MR) is 148 cm³/mol. The summed E-state index contributed by atoms with van der Waals surface area (Å²) in [5.41, 5.74) is 1.65. The zero-order chi connectivity index (χ0) is 28.6. The zero-order valence-electron chi connectivity index (χ0n) is 23.1. The number of hydrogen-bond acceptors (Lipinski definition) is 3. The topological polar surface area (TPSA) is 35.5 Å². The van der Waals surface area contributed by atoms with Gasteiger partial charge in [-0.1, -0.05) is 74.6 Å². The average Bonchev–Trinajstić information content (AvgIpc) is 2.95. The van der Waals surface area contributed by atoms with Crippen LogP contribution in [0, 0.1) is 30.2 Å². The predicted octanol–water partition coefficient (Wildman–Crippen LogP) is 9.45. The Balaban J connectivity index is 1.32. The van der Waals surface area contributed by atoms with Crippen molar-refractivity contribution in [1.29, 1.82) is 0 Å². The largest absolute Gasteiger partial charge is 0.490 e. The second kappa shape index (κ2) is 13.8. The molecule has 0 N–H and O–H groups in total. The fourth-order valence-electron chi connectivity index (χ4n) is 5.23. The number of hydrogen-bond donors (Lipinski definition) is 0. The van der Waals surface area contributed by atoms with Gasteiger partial charge in [-0.3, -0.25) is 0 Å². The van der Waals surface area contributed by atoms with Gasteiger partial charge in [0, 0.05) is 5.56 Å². The van der Waals surface area contributed by atoms with Gasteiger partial charge in [0.2, 0.25) is 5.82 Å². The Kier molecular flexibility index (Phi) is 10.2. The van der Waals surface area contributed by atoms with Crippen LogP contribution in [0.3, 0.4) is 0 Å². The van der Waals surface area contributed by atoms with Crippen molar-refractivity contribution in [2.75, 3.05) is 6.61 Å². The minimum absolute atomic E-state index is 0.210. The van der Waals surface area contributed by atoms with Crippen molar-refractivity contribution in [3.8, 4) is 16.9 Å². The van der Waals surface area contributed by atoms with Crippen LogP contribution in [0.5, 0.6) is 5.75 Å². The molecule has 0 saturated heterocycles. The Morgan fingerprint density at radius 3 is 2.17 bits per heavy atom. The SMILES string of the molecule is CCCCCCCOc1ccc(C(=O)OC2CCC(c3ccc(-c4ccc(C)cc4)c(F)c3F)CC2)c(F)c1F. The summed E-state index contributed by atoms with van der Waals surface area (Å²) in [6, 6.07) is 12.9. The first kappa shape index (κ1) is 29.6. The van der Waals surface area contributed by atoms with Gasteiger partial charge in [-0.25, -0.2) is 18.0 Å². The van der Waals surface area contributed by atoms with Crippen molar-refractivity contribution in [2.24, 2.45) is 0 Å². The Hall–Kier alpha value is -3.35. The van der Waals surface area contributed by atoms with E-state index in [0.717, 1.165) is 37.7 Å². The molecule has 7 heteroatoms. The molecule has 0 aliphatic heterocycles. The summed E-state index contributed by atoms with van der Waals surface area (Å²) < 4.78 is 70.0. The molecular formula is C33H36F4O3. The fraction of sp³-hybridized carbons (Fsp3) is 0.424. The van der Waals surface area contributed by atoms with E-state index >= 15 is 4.39 Å². The number of benzene rings is 3. The second-order valence-corrected chi connectivity index (χ2v) is 10.6. The molecule has 0 heterocycles. The molecule has 0 amide bonds. The number of aryl methyl sites for hydroxylation is 1. The maximum Gasteiger partial charge on any atom is 0.341 e. The molecule has 0 aromatic heterocycles. The highest BCUT2D eigenvalue weighted by molar-refractivity contribution is 5.90. The van der Waals surface area contributed by atoms with Gasteiger partial charge in [-0.15, -0.1) is 0 Å². The summed E-state index contributed by atoms with van der Waals surface area (Å²) in [4.78, 5) is 12.6. The van der Waals surface area contributed by atoms with E-state index in [0.29, 0.717) is 36.8 Å². The number of unbranched alkanes of at least 4 members (excludes halogenated alkanes) is 4. The highest BCUT2D eigenvalue weighted by Crippen LogP contribution is 2.38. The maximum absolute atomic E-state index is 15.1. The van der Waals surface area contributed by atoms with Crippen molar-refractivity contribution in [3.05, 3.63) is 88.5 Å². The third-order valence-electron chi connectivity index (χ3n) is 7.63. The lowest BCUT2D eigenvalue weighted by molar-refractivity contribution is 0.0188. The van der Waals surface area contributed by atoms with E-state index in [1.165, 1.54) is 12.1 Å². The lowest BCUT2D eigenvalue weighted by Crippen LogP contribution is -2.25. The van der Waals surface area contributed by atoms with Gasteiger partial charge in [0.15, 0.2) is 23.2 Å². The lowest BCUT2D eigenvalue weighted by Gasteiger charge is -2.29. The molecule has 3 nitrogen and oxygen atoms in total. The summed E-state index contributed by atoms with van der Waals surface area (Å²) in [6.07, 6.45) is 6.21. The van der Waals surface area contributed by atoms with Gasteiger partial charge in [-0.05, 0) is 68.2 Å². The van der Waals surface area contributed by atoms with Gasteiger partial charge in [0.25, 0.3) is 0 Å². The van der Waals surface area contributed by atoms with E-state index in [2.05, 4.69) is 6.92 Å². The van der Waals surface area contributed by atoms with Gasteiger partial charge in [-0.2, -0.15) is 4.39 Å². The Labute approximate surface area is 233 Å². The van der Waals surface area contributed by atoms with Crippen LogP contribution < -0.4 is 4.74 Å². The molecule has 0 bridgehead atoms. The highest BCUT2D eigenvalue weighted by atomic mass is 19.2. The van der Waals surface area contributed by atoms with Crippen LogP contribution in [0.4, 0.5) is 17.6 Å². The van der Waals surface area contributed by atoms with E-state index in [9.17, 15) is 18.0 Å². The molecule has 0 radical (unpaired) electrons. The fourth-order valence-corrected chi connectivity index (χ4v) is 5.23. The standard InChI is InChI=1S/C33H36F4O3/c1-3-4-5-6-7-20-39-28-19-18-27(31(36)32(28)37)33(38)40-24-14-12-23(13-15-24)26-17-16-25(29(34)30(26)35)22-10-8-21(2)9-11-22/h8-11,16-19,23-24H,3-7,12-15,20H2,1-2H3. The number of halogens is 4. The first-order chi connectivity index (χ1) is 19.3. The Morgan fingerprint density at radius 2 is 1.48 bits per heavy atom. The number of ether oxygens (including phenoxy) is 2. The van der Waals surface area contributed by atoms with Crippen LogP contribution in [0.1, 0.15) is 92.1 Å². The summed E-state index contributed by atoms with van der Waals surface area (Å²) in [7, 11) is 0. The number of carbonyl (C=O) groups is 1. The number of esters is 1. The van der Waals surface area contributed by atoms with Crippen LogP contribution in [0.15, 0.2) is 48.5 Å². The van der Waals surface area contributed by atoms with Gasteiger partial charge in [0.1, 0.15) is 6.10 Å². The van der Waals surface area contributed by atoms with Crippen molar-refractivity contribution in [2.45, 2.75) is 83.7 Å². The van der Waals surface area contributed by atoms with Crippen LogP contribution in [0.2, 0.25) is 0 Å². The molecule has 0 atom stereocenters. The molecule has 4 rings (SSSR count). The number of rotatable bonds is 11. The molecule has 1 saturated carbocycles. The second-order valence-electron chi connectivity index (χ2n) is 10.6. The van der Waals surface area contributed by atoms with Gasteiger partial charge >= 0.3 is 5.97 Å². The minimum atomic E-state index is -1.30. The third-order valence-corrected chi connectivity index (χ3v) is 7.63. The van der Waals surface area contributed by atoms with E-state index in [-0.39, 0.29) is 23.8 Å². The lowest BCUT2D eigenvalue weighted by atomic mass is 9.82. The quantitative estimate of drug-likeness (QED) is 0.134. The maximum atomic E-state index is 15.1. The molecule has 1 aliphatic rings. The van der Waals surface area contributed by atoms with Gasteiger partial charge < -0.3 is 9.47 Å². The van der Waals surface area contributed by atoms with Crippen LogP contribution in [-0.4, -0.2) is 18.7 Å². The van der Waals surface area contributed by atoms with Gasteiger partial charge in [0.05, 0.1) is 12.2 Å². The van der Waals surface area contributed by atoms with E-state index in [4.69, 9.17) is 9.47 Å². The summed E-state index contributed by atoms with van der Waals surface area (Å²) in [6.45, 7) is 4.31. The highest BCUT2D eigenvalue weighted by Gasteiger charge is 2.30. The molecule has 1 fully saturated rings. The molecule has 0 spiro atoms. The summed E-state index contributed by atoms with van der Waals surface area (Å²) in [5.74, 6) is -5.66. The normalized spacial score (nSPS) is 17.1. The molecular weight excluding hydrogens is 520 g/mol. The summed E-state index contributed by atoms with van der Waals surface area (Å²) >= 11 is 0. The minimum Gasteiger partial charge on any atom is -0.490 e. The molecule has 3 aromatic carbocycles. The molecule has 40 heavy (non-hydrogen) atoms. The monoisotopic (exact) mass is 556 g/mol. The average molecular weight is 557 g/mol. The zero-order valence-corrected chi connectivity index (χ0v) is 23.1. The van der Waals surface area contributed by atoms with E-state index in [1.807, 2.05) is 19.1 Å². The third kappa shape index (κ3) is 7.04. The van der Waals surface area contributed by atoms with Crippen LogP contribution >= 0.6 is 0 Å². The van der Waals surface area contributed by atoms with Crippen molar-refractivity contribution in [1.82, 2.24) is 0 Å². The van der Waals surface area contributed by atoms with Crippen LogP contribution in [0.25, 0.3) is 11.1 Å². The van der Waals surface area contributed by atoms with Crippen LogP contribution in [-0.2, 0) is 4.74 Å². The first-order valence-electron chi connectivity index (χ1n) is 14.2.